The lowest BCUT2D eigenvalue weighted by molar-refractivity contribution is -0.645. The second-order valence-corrected chi connectivity index (χ2v) is 9.67. The van der Waals surface area contributed by atoms with Gasteiger partial charge < -0.3 is 0 Å². The molecule has 0 unspecified atom stereocenters. The second-order valence-electron chi connectivity index (χ2n) is 9.67. The standard InChI is InChI=1S/C31H24N/c1-31(2)27-11-7-6-10-24(27)26-17-23-19-32-29-14-12-21(20-8-4-3-5-9-20)16-22(29)13-15-30(32)25(23)18-28(26)31/h3-18H,19H2,1-2H3/q+1. The van der Waals surface area contributed by atoms with Crippen LogP contribution in [0, 0.1) is 0 Å². The number of fused-ring (bicyclic) bond motifs is 8. The lowest BCUT2D eigenvalue weighted by atomic mass is 9.81. The Bertz CT molecular complexity index is 1560. The molecule has 0 spiro atoms. The van der Waals surface area contributed by atoms with Gasteiger partial charge in [0, 0.05) is 28.5 Å². The number of hydrogen-bond acceptors (Lipinski definition) is 0. The summed E-state index contributed by atoms with van der Waals surface area (Å²) in [6.07, 6.45) is 0. The van der Waals surface area contributed by atoms with Gasteiger partial charge in [0.1, 0.15) is 0 Å². The Balaban J connectivity index is 1.39. The van der Waals surface area contributed by atoms with Gasteiger partial charge in [0.2, 0.25) is 11.2 Å². The largest absolute Gasteiger partial charge is 0.213 e. The van der Waals surface area contributed by atoms with Crippen molar-refractivity contribution in [1.29, 1.82) is 0 Å². The Morgan fingerprint density at radius 1 is 0.625 bits per heavy atom. The van der Waals surface area contributed by atoms with Crippen molar-refractivity contribution in [3.63, 3.8) is 0 Å². The zero-order valence-electron chi connectivity index (χ0n) is 18.4. The van der Waals surface area contributed by atoms with Crippen molar-refractivity contribution in [2.75, 3.05) is 0 Å². The van der Waals surface area contributed by atoms with E-state index in [2.05, 4.69) is 115 Å². The highest BCUT2D eigenvalue weighted by Gasteiger charge is 2.38. The van der Waals surface area contributed by atoms with Gasteiger partial charge in [-0.05, 0) is 63.7 Å². The third-order valence-corrected chi connectivity index (χ3v) is 7.55. The fourth-order valence-electron chi connectivity index (χ4n) is 5.87. The molecule has 0 N–H and O–H groups in total. The highest BCUT2D eigenvalue weighted by Crippen LogP contribution is 2.50. The van der Waals surface area contributed by atoms with E-state index in [9.17, 15) is 0 Å². The molecule has 32 heavy (non-hydrogen) atoms. The zero-order valence-corrected chi connectivity index (χ0v) is 18.4. The minimum atomic E-state index is 0.0375. The summed E-state index contributed by atoms with van der Waals surface area (Å²) in [5.41, 5.74) is 13.7. The molecule has 0 radical (unpaired) electrons. The van der Waals surface area contributed by atoms with E-state index in [4.69, 9.17) is 0 Å². The summed E-state index contributed by atoms with van der Waals surface area (Å²) < 4.78 is 2.49. The summed E-state index contributed by atoms with van der Waals surface area (Å²) >= 11 is 0. The van der Waals surface area contributed by atoms with Gasteiger partial charge in [-0.2, -0.15) is 4.57 Å². The van der Waals surface area contributed by atoms with Crippen LogP contribution in [-0.2, 0) is 12.0 Å². The number of nitrogens with zero attached hydrogens (tertiary/aromatic N) is 1. The molecule has 1 aliphatic carbocycles. The zero-order chi connectivity index (χ0) is 21.4. The molecular formula is C31H24N+. The Labute approximate surface area is 188 Å². The first-order valence-corrected chi connectivity index (χ1v) is 11.4. The van der Waals surface area contributed by atoms with E-state index in [1.807, 2.05) is 0 Å². The quantitative estimate of drug-likeness (QED) is 0.254. The molecule has 0 amide bonds. The lowest BCUT2D eigenvalue weighted by Crippen LogP contribution is -2.33. The highest BCUT2D eigenvalue weighted by atomic mass is 15.0. The summed E-state index contributed by atoms with van der Waals surface area (Å²) in [6, 6.07) is 35.9. The van der Waals surface area contributed by atoms with Crippen molar-refractivity contribution < 1.29 is 4.57 Å². The van der Waals surface area contributed by atoms with Gasteiger partial charge >= 0.3 is 0 Å². The van der Waals surface area contributed by atoms with Crippen LogP contribution in [-0.4, -0.2) is 0 Å². The molecular weight excluding hydrogens is 386 g/mol. The average Bonchev–Trinajstić information content (AvgIpc) is 3.31. The number of rotatable bonds is 1. The molecule has 1 aliphatic heterocycles. The molecule has 0 atom stereocenters. The molecule has 152 valence electrons. The van der Waals surface area contributed by atoms with Crippen LogP contribution in [0.1, 0.15) is 30.5 Å². The van der Waals surface area contributed by atoms with E-state index < -0.39 is 0 Å². The van der Waals surface area contributed by atoms with Gasteiger partial charge in [0.15, 0.2) is 6.54 Å². The third kappa shape index (κ3) is 2.31. The molecule has 0 bridgehead atoms. The molecule has 0 saturated heterocycles. The van der Waals surface area contributed by atoms with E-state index in [1.165, 1.54) is 61.1 Å². The first-order chi connectivity index (χ1) is 15.6. The number of pyridine rings is 1. The van der Waals surface area contributed by atoms with Gasteiger partial charge in [-0.1, -0.05) is 68.4 Å². The van der Waals surface area contributed by atoms with Gasteiger partial charge in [0.25, 0.3) is 0 Å². The highest BCUT2D eigenvalue weighted by molar-refractivity contribution is 5.87. The molecule has 0 saturated carbocycles. The van der Waals surface area contributed by atoms with Crippen LogP contribution in [0.15, 0.2) is 97.1 Å². The van der Waals surface area contributed by atoms with E-state index in [0.29, 0.717) is 0 Å². The molecule has 1 nitrogen and oxygen atoms in total. The predicted molar refractivity (Wildman–Crippen MR) is 132 cm³/mol. The second kappa shape index (κ2) is 6.17. The molecule has 2 aliphatic rings. The van der Waals surface area contributed by atoms with Gasteiger partial charge in [0.05, 0.1) is 5.56 Å². The molecule has 4 aromatic carbocycles. The fourth-order valence-corrected chi connectivity index (χ4v) is 5.87. The van der Waals surface area contributed by atoms with Crippen LogP contribution in [0.25, 0.3) is 44.4 Å². The predicted octanol–water partition coefficient (Wildman–Crippen LogP) is 7.13. The molecule has 1 aromatic heterocycles. The minimum Gasteiger partial charge on any atom is -0.187 e. The van der Waals surface area contributed by atoms with Crippen molar-refractivity contribution >= 4 is 10.9 Å². The average molecular weight is 411 g/mol. The summed E-state index contributed by atoms with van der Waals surface area (Å²) in [5.74, 6) is 0. The van der Waals surface area contributed by atoms with Crippen LogP contribution in [0.5, 0.6) is 0 Å². The molecule has 7 rings (SSSR count). The maximum atomic E-state index is 2.49. The van der Waals surface area contributed by atoms with Crippen LogP contribution in [0.3, 0.4) is 0 Å². The van der Waals surface area contributed by atoms with Crippen molar-refractivity contribution in [3.05, 3.63) is 114 Å². The summed E-state index contributed by atoms with van der Waals surface area (Å²) in [6.45, 7) is 5.65. The molecule has 2 heterocycles. The van der Waals surface area contributed by atoms with Gasteiger partial charge in [-0.15, -0.1) is 0 Å². The maximum absolute atomic E-state index is 2.49. The van der Waals surface area contributed by atoms with Crippen LogP contribution in [0.4, 0.5) is 0 Å². The first-order valence-electron chi connectivity index (χ1n) is 11.4. The minimum absolute atomic E-state index is 0.0375. The lowest BCUT2D eigenvalue weighted by Gasteiger charge is -2.21. The summed E-state index contributed by atoms with van der Waals surface area (Å²) in [4.78, 5) is 0. The van der Waals surface area contributed by atoms with Crippen LogP contribution < -0.4 is 4.57 Å². The molecule has 0 fully saturated rings. The Hall–Kier alpha value is -3.71. The summed E-state index contributed by atoms with van der Waals surface area (Å²) in [5, 5.41) is 1.29. The number of benzene rings is 4. The topological polar surface area (TPSA) is 3.88 Å². The number of hydrogen-bond donors (Lipinski definition) is 0. The van der Waals surface area contributed by atoms with Crippen molar-refractivity contribution in [2.24, 2.45) is 0 Å². The van der Waals surface area contributed by atoms with E-state index in [1.54, 1.807) is 0 Å². The normalized spacial score (nSPS) is 14.7. The van der Waals surface area contributed by atoms with Crippen molar-refractivity contribution in [1.82, 2.24) is 0 Å². The van der Waals surface area contributed by atoms with Crippen molar-refractivity contribution in [3.8, 4) is 33.5 Å². The number of aromatic nitrogens is 1. The van der Waals surface area contributed by atoms with E-state index >= 15 is 0 Å². The van der Waals surface area contributed by atoms with Gasteiger partial charge in [-0.25, -0.2) is 0 Å². The molecule has 1 heteroatoms. The third-order valence-electron chi connectivity index (χ3n) is 7.55. The maximum Gasteiger partial charge on any atom is 0.213 e. The fraction of sp³-hybridized carbons (Fsp3) is 0.129. The Morgan fingerprint density at radius 3 is 2.31 bits per heavy atom. The smallest absolute Gasteiger partial charge is 0.187 e. The van der Waals surface area contributed by atoms with E-state index in [0.717, 1.165) is 6.54 Å². The van der Waals surface area contributed by atoms with E-state index in [-0.39, 0.29) is 5.41 Å². The van der Waals surface area contributed by atoms with Crippen LogP contribution >= 0.6 is 0 Å². The Kier molecular flexibility index (Phi) is 3.45. The van der Waals surface area contributed by atoms with Gasteiger partial charge in [-0.3, -0.25) is 0 Å². The SMILES string of the molecule is CC1(C)c2ccccc2-c2cc3c(cc21)-c1ccc2cc(-c4ccccc4)ccc2[n+]1C3. The molecule has 5 aromatic rings. The monoisotopic (exact) mass is 410 g/mol. The summed E-state index contributed by atoms with van der Waals surface area (Å²) in [7, 11) is 0. The van der Waals surface area contributed by atoms with Crippen molar-refractivity contribution in [2.45, 2.75) is 25.8 Å². The van der Waals surface area contributed by atoms with Crippen LogP contribution in [0.2, 0.25) is 0 Å². The Morgan fingerprint density at radius 2 is 1.44 bits per heavy atom. The first kappa shape index (κ1) is 17.9.